The molecule has 0 radical (unpaired) electrons. The topological polar surface area (TPSA) is 69.7 Å². The summed E-state index contributed by atoms with van der Waals surface area (Å²) in [7, 11) is 4.54. The van der Waals surface area contributed by atoms with E-state index in [1.165, 1.54) is 0 Å². The van der Waals surface area contributed by atoms with Crippen molar-refractivity contribution in [1.29, 1.82) is 0 Å². The Balaban J connectivity index is 2.69. The molecule has 0 aliphatic heterocycles. The molecule has 2 atom stereocenters. The molecule has 5 nitrogen and oxygen atoms in total. The largest absolute Gasteiger partial charge is 0.465 e. The normalized spacial score (nSPS) is 9.90. The van der Waals surface area contributed by atoms with E-state index in [0.717, 1.165) is 5.56 Å². The maximum atomic E-state index is 11.2. The molecule has 1 aromatic carbocycles. The van der Waals surface area contributed by atoms with E-state index >= 15 is 0 Å². The number of aldehydes is 1. The number of hydrogen-bond acceptors (Lipinski definition) is 5. The first kappa shape index (κ1) is 16.7. The van der Waals surface area contributed by atoms with Crippen LogP contribution in [0.1, 0.15) is 15.9 Å². The maximum absolute atomic E-state index is 11.2. The van der Waals surface area contributed by atoms with Crippen molar-refractivity contribution in [3.8, 4) is 5.75 Å². The van der Waals surface area contributed by atoms with E-state index in [9.17, 15) is 14.4 Å². The zero-order valence-electron chi connectivity index (χ0n) is 10.8. The summed E-state index contributed by atoms with van der Waals surface area (Å²) in [6, 6.07) is 4.91. The van der Waals surface area contributed by atoms with Gasteiger partial charge in [-0.3, -0.25) is 14.4 Å². The van der Waals surface area contributed by atoms with E-state index in [-0.39, 0.29) is 30.6 Å². The standard InChI is InChI=1S/C13H16O5P2/c14-6-10-5-9(3-4-17-12(15)7-19)1-2-11(10)18-13(16)8-20/h1-2,5-6H,3-4,7-8,19-20H2. The number of carbonyl (C=O) groups is 3. The Labute approximate surface area is 121 Å². The summed E-state index contributed by atoms with van der Waals surface area (Å²) in [6.45, 7) is 0.246. The Morgan fingerprint density at radius 3 is 2.45 bits per heavy atom. The van der Waals surface area contributed by atoms with Crippen LogP contribution in [0.5, 0.6) is 5.75 Å². The number of esters is 2. The lowest BCUT2D eigenvalue weighted by molar-refractivity contribution is -0.140. The Hall–Kier alpha value is -1.31. The molecule has 0 amide bonds. The number of carbonyl (C=O) groups excluding carboxylic acids is 3. The van der Waals surface area contributed by atoms with Crippen LogP contribution in [0.3, 0.4) is 0 Å². The molecule has 0 fully saturated rings. The molecule has 0 aromatic heterocycles. The summed E-state index contributed by atoms with van der Waals surface area (Å²) in [5.74, 6) is -0.491. The van der Waals surface area contributed by atoms with Gasteiger partial charge in [-0.25, -0.2) is 0 Å². The van der Waals surface area contributed by atoms with Crippen molar-refractivity contribution in [2.45, 2.75) is 6.42 Å². The molecule has 0 aliphatic carbocycles. The average Bonchev–Trinajstić information content (AvgIpc) is 2.48. The first-order valence-electron chi connectivity index (χ1n) is 5.95. The molecule has 0 saturated heterocycles. The molecule has 0 N–H and O–H groups in total. The van der Waals surface area contributed by atoms with Crippen LogP contribution in [0.15, 0.2) is 18.2 Å². The first-order chi connectivity index (χ1) is 9.60. The molecule has 1 rings (SSSR count). The first-order valence-corrected chi connectivity index (χ1v) is 7.58. The third-order valence-electron chi connectivity index (χ3n) is 2.41. The summed E-state index contributed by atoms with van der Waals surface area (Å²) in [6.07, 6.45) is 1.53. The van der Waals surface area contributed by atoms with Crippen molar-refractivity contribution in [2.24, 2.45) is 0 Å². The van der Waals surface area contributed by atoms with Gasteiger partial charge in [0.2, 0.25) is 0 Å². The number of rotatable bonds is 7. The van der Waals surface area contributed by atoms with E-state index in [0.29, 0.717) is 18.3 Å². The van der Waals surface area contributed by atoms with Crippen LogP contribution in [0, 0.1) is 0 Å². The van der Waals surface area contributed by atoms with Gasteiger partial charge in [-0.05, 0) is 17.7 Å². The second kappa shape index (κ2) is 8.78. The molecule has 20 heavy (non-hydrogen) atoms. The summed E-state index contributed by atoms with van der Waals surface area (Å²) in [5, 5.41) is 0. The Bertz CT molecular complexity index is 502. The summed E-state index contributed by atoms with van der Waals surface area (Å²) in [4.78, 5) is 33.2. The van der Waals surface area contributed by atoms with Gasteiger partial charge in [0, 0.05) is 6.42 Å². The highest BCUT2D eigenvalue weighted by Crippen LogP contribution is 2.19. The van der Waals surface area contributed by atoms with Crippen LogP contribution < -0.4 is 4.74 Å². The minimum atomic E-state index is -0.430. The highest BCUT2D eigenvalue weighted by atomic mass is 31.0. The van der Waals surface area contributed by atoms with Gasteiger partial charge in [-0.1, -0.05) is 6.07 Å². The molecule has 0 bridgehead atoms. The van der Waals surface area contributed by atoms with Gasteiger partial charge < -0.3 is 9.47 Å². The van der Waals surface area contributed by atoms with Crippen LogP contribution in [-0.2, 0) is 20.7 Å². The maximum Gasteiger partial charge on any atom is 0.315 e. The quantitative estimate of drug-likeness (QED) is 0.328. The number of benzene rings is 1. The molecular weight excluding hydrogens is 298 g/mol. The summed E-state index contributed by atoms with van der Waals surface area (Å²) < 4.78 is 9.97. The van der Waals surface area contributed by atoms with Crippen LogP contribution in [0.2, 0.25) is 0 Å². The second-order valence-electron chi connectivity index (χ2n) is 3.84. The molecule has 7 heteroatoms. The highest BCUT2D eigenvalue weighted by Gasteiger charge is 2.09. The van der Waals surface area contributed by atoms with Crippen LogP contribution >= 0.6 is 18.5 Å². The molecule has 0 aliphatic rings. The lowest BCUT2D eigenvalue weighted by Gasteiger charge is -2.08. The lowest BCUT2D eigenvalue weighted by atomic mass is 10.1. The summed E-state index contributed by atoms with van der Waals surface area (Å²) >= 11 is 0. The van der Waals surface area contributed by atoms with Gasteiger partial charge >= 0.3 is 11.9 Å². The van der Waals surface area contributed by atoms with Crippen molar-refractivity contribution < 1.29 is 23.9 Å². The average molecular weight is 314 g/mol. The molecule has 0 saturated carbocycles. The third-order valence-corrected chi connectivity index (χ3v) is 3.08. The second-order valence-corrected chi connectivity index (χ2v) is 4.66. The van der Waals surface area contributed by atoms with Crippen molar-refractivity contribution in [3.05, 3.63) is 29.3 Å². The monoisotopic (exact) mass is 314 g/mol. The van der Waals surface area contributed by atoms with Gasteiger partial charge in [0.05, 0.1) is 24.5 Å². The zero-order chi connectivity index (χ0) is 15.0. The van der Waals surface area contributed by atoms with Gasteiger partial charge in [0.1, 0.15) is 5.75 Å². The van der Waals surface area contributed by atoms with Gasteiger partial charge in [-0.15, -0.1) is 18.5 Å². The predicted molar refractivity (Wildman–Crippen MR) is 81.3 cm³/mol. The minimum absolute atomic E-state index is 0.158. The summed E-state index contributed by atoms with van der Waals surface area (Å²) in [5.41, 5.74) is 1.13. The van der Waals surface area contributed by atoms with Crippen molar-refractivity contribution in [2.75, 3.05) is 18.9 Å². The SMILES string of the molecule is O=Cc1cc(CCOC(=O)CP)ccc1OC(=O)CP. The van der Waals surface area contributed by atoms with E-state index in [4.69, 9.17) is 9.47 Å². The predicted octanol–water partition coefficient (Wildman–Crippen LogP) is 1.24. The van der Waals surface area contributed by atoms with Crippen LogP contribution in [-0.4, -0.2) is 37.2 Å². The van der Waals surface area contributed by atoms with E-state index in [1.54, 1.807) is 18.2 Å². The molecule has 2 unspecified atom stereocenters. The Morgan fingerprint density at radius 1 is 1.15 bits per heavy atom. The van der Waals surface area contributed by atoms with E-state index < -0.39 is 5.97 Å². The van der Waals surface area contributed by atoms with E-state index in [1.807, 2.05) is 0 Å². The van der Waals surface area contributed by atoms with Crippen LogP contribution in [0.25, 0.3) is 0 Å². The fourth-order valence-corrected chi connectivity index (χ4v) is 1.65. The zero-order valence-corrected chi connectivity index (χ0v) is 13.1. The van der Waals surface area contributed by atoms with Crippen molar-refractivity contribution in [1.82, 2.24) is 0 Å². The van der Waals surface area contributed by atoms with Gasteiger partial charge in [0.25, 0.3) is 0 Å². The molecule has 0 heterocycles. The Morgan fingerprint density at radius 2 is 1.85 bits per heavy atom. The minimum Gasteiger partial charge on any atom is -0.465 e. The molecule has 0 spiro atoms. The van der Waals surface area contributed by atoms with Gasteiger partial charge in [0.15, 0.2) is 6.29 Å². The fourth-order valence-electron chi connectivity index (χ4n) is 1.44. The smallest absolute Gasteiger partial charge is 0.315 e. The highest BCUT2D eigenvalue weighted by molar-refractivity contribution is 7.18. The fraction of sp³-hybridized carbons (Fsp3) is 0.308. The van der Waals surface area contributed by atoms with Crippen LogP contribution in [0.4, 0.5) is 0 Å². The Kier molecular flexibility index (Phi) is 7.35. The van der Waals surface area contributed by atoms with E-state index in [2.05, 4.69) is 18.5 Å². The third kappa shape index (κ3) is 5.36. The molecule has 1 aromatic rings. The van der Waals surface area contributed by atoms with Crippen molar-refractivity contribution >= 4 is 36.7 Å². The molecular formula is C13H16O5P2. The number of hydrogen-bond donors (Lipinski definition) is 0. The number of ether oxygens (including phenoxy) is 2. The lowest BCUT2D eigenvalue weighted by Crippen LogP contribution is -2.11. The van der Waals surface area contributed by atoms with Crippen molar-refractivity contribution in [3.63, 3.8) is 0 Å². The van der Waals surface area contributed by atoms with Gasteiger partial charge in [-0.2, -0.15) is 0 Å². The molecule has 108 valence electrons.